The first-order chi connectivity index (χ1) is 4.31. The second-order valence-corrected chi connectivity index (χ2v) is 4.52. The molecule has 0 amide bonds. The normalized spacial score (nSPS) is 13.6. The standard InChI is InChI=1S/C8H18S/c1-4-6-7-8-9(3)5-2/h3-8H2,1-2H3. The molecule has 0 rings (SSSR count). The first kappa shape index (κ1) is 9.22. The third kappa shape index (κ3) is 6.10. The molecular formula is C8H18S. The Balaban J connectivity index is 2.97. The molecule has 0 saturated heterocycles. The van der Waals surface area contributed by atoms with Crippen molar-refractivity contribution in [2.24, 2.45) is 0 Å². The lowest BCUT2D eigenvalue weighted by Gasteiger charge is -2.01. The largest absolute Gasteiger partial charge is 0.193 e. The fraction of sp³-hybridized carbons (Fsp3) is 0.875. The fourth-order valence-corrected chi connectivity index (χ4v) is 1.60. The van der Waals surface area contributed by atoms with E-state index in [2.05, 4.69) is 19.7 Å². The Labute approximate surface area is 61.6 Å². The summed E-state index contributed by atoms with van der Waals surface area (Å²) in [6, 6.07) is 0. The van der Waals surface area contributed by atoms with Crippen LogP contribution in [0.1, 0.15) is 33.1 Å². The lowest BCUT2D eigenvalue weighted by molar-refractivity contribution is 0.778. The molecule has 0 aliphatic heterocycles. The van der Waals surface area contributed by atoms with Gasteiger partial charge in [-0.05, 0) is 17.9 Å². The van der Waals surface area contributed by atoms with E-state index in [1.54, 1.807) is 0 Å². The maximum absolute atomic E-state index is 4.06. The minimum atomic E-state index is 0.472. The summed E-state index contributed by atoms with van der Waals surface area (Å²) in [4.78, 5) is 0. The van der Waals surface area contributed by atoms with Crippen molar-refractivity contribution in [3.05, 3.63) is 0 Å². The Morgan fingerprint density at radius 1 is 1.22 bits per heavy atom. The average molecular weight is 146 g/mol. The molecule has 0 aromatic rings. The van der Waals surface area contributed by atoms with Gasteiger partial charge in [0.2, 0.25) is 0 Å². The summed E-state index contributed by atoms with van der Waals surface area (Å²) < 4.78 is 0. The molecule has 0 radical (unpaired) electrons. The average Bonchev–Trinajstić information content (AvgIpc) is 1.89. The van der Waals surface area contributed by atoms with Crippen LogP contribution < -0.4 is 0 Å². The molecule has 0 fully saturated rings. The minimum absolute atomic E-state index is 0.472. The molecule has 0 aromatic carbocycles. The van der Waals surface area contributed by atoms with Crippen LogP contribution >= 0.6 is 10.5 Å². The van der Waals surface area contributed by atoms with Gasteiger partial charge in [0.05, 0.1) is 0 Å². The van der Waals surface area contributed by atoms with Crippen LogP contribution in [0.5, 0.6) is 0 Å². The molecule has 9 heavy (non-hydrogen) atoms. The van der Waals surface area contributed by atoms with E-state index < -0.39 is 0 Å². The van der Waals surface area contributed by atoms with Crippen LogP contribution in [0.2, 0.25) is 0 Å². The lowest BCUT2D eigenvalue weighted by Crippen LogP contribution is -1.83. The van der Waals surface area contributed by atoms with E-state index in [4.69, 9.17) is 0 Å². The van der Waals surface area contributed by atoms with Gasteiger partial charge in [-0.2, -0.15) is 10.5 Å². The van der Waals surface area contributed by atoms with Crippen LogP contribution in [0.15, 0.2) is 0 Å². The van der Waals surface area contributed by atoms with Gasteiger partial charge in [0.15, 0.2) is 0 Å². The predicted molar refractivity (Wildman–Crippen MR) is 49.6 cm³/mol. The van der Waals surface area contributed by atoms with E-state index in [1.165, 1.54) is 30.8 Å². The number of rotatable bonds is 5. The minimum Gasteiger partial charge on any atom is -0.193 e. The Hall–Kier alpha value is 0.220. The van der Waals surface area contributed by atoms with Crippen LogP contribution in [-0.2, 0) is 0 Å². The van der Waals surface area contributed by atoms with E-state index in [0.717, 1.165) is 0 Å². The van der Waals surface area contributed by atoms with E-state index in [9.17, 15) is 0 Å². The van der Waals surface area contributed by atoms with E-state index in [1.807, 2.05) is 0 Å². The Morgan fingerprint density at radius 3 is 2.33 bits per heavy atom. The van der Waals surface area contributed by atoms with Crippen LogP contribution in [0.4, 0.5) is 0 Å². The fourth-order valence-electron chi connectivity index (χ4n) is 0.701. The summed E-state index contributed by atoms with van der Waals surface area (Å²) in [7, 11) is 0.472. The second kappa shape index (κ2) is 6.34. The van der Waals surface area contributed by atoms with Crippen molar-refractivity contribution in [1.82, 2.24) is 0 Å². The van der Waals surface area contributed by atoms with Gasteiger partial charge < -0.3 is 0 Å². The Kier molecular flexibility index (Phi) is 6.50. The summed E-state index contributed by atoms with van der Waals surface area (Å²) in [6.07, 6.45) is 4.11. The molecule has 1 atom stereocenters. The summed E-state index contributed by atoms with van der Waals surface area (Å²) in [5.41, 5.74) is 0. The highest BCUT2D eigenvalue weighted by Crippen LogP contribution is 2.11. The maximum atomic E-state index is 4.06. The van der Waals surface area contributed by atoms with Crippen molar-refractivity contribution in [3.8, 4) is 0 Å². The van der Waals surface area contributed by atoms with Gasteiger partial charge in [0.25, 0.3) is 0 Å². The van der Waals surface area contributed by atoms with Crippen LogP contribution in [0.25, 0.3) is 0 Å². The van der Waals surface area contributed by atoms with Gasteiger partial charge in [-0.25, -0.2) is 0 Å². The molecule has 1 heteroatoms. The first-order valence-corrected chi connectivity index (χ1v) is 5.51. The topological polar surface area (TPSA) is 0 Å². The summed E-state index contributed by atoms with van der Waals surface area (Å²) >= 11 is 0. The molecule has 0 aliphatic carbocycles. The van der Waals surface area contributed by atoms with Crippen molar-refractivity contribution >= 4 is 16.4 Å². The molecule has 56 valence electrons. The molecule has 0 nitrogen and oxygen atoms in total. The monoisotopic (exact) mass is 146 g/mol. The van der Waals surface area contributed by atoms with Crippen LogP contribution in [0.3, 0.4) is 0 Å². The molecule has 0 N–H and O–H groups in total. The highest BCUT2D eigenvalue weighted by molar-refractivity contribution is 8.14. The van der Waals surface area contributed by atoms with Crippen molar-refractivity contribution in [2.45, 2.75) is 33.1 Å². The SMILES string of the molecule is C=S(CC)CCCCC. The number of unbranched alkanes of at least 4 members (excludes halogenated alkanes) is 2. The van der Waals surface area contributed by atoms with E-state index >= 15 is 0 Å². The summed E-state index contributed by atoms with van der Waals surface area (Å²) in [6.45, 7) is 4.47. The van der Waals surface area contributed by atoms with Crippen molar-refractivity contribution < 1.29 is 0 Å². The zero-order valence-electron chi connectivity index (χ0n) is 6.65. The van der Waals surface area contributed by atoms with Crippen LogP contribution in [-0.4, -0.2) is 17.4 Å². The Morgan fingerprint density at radius 2 is 1.89 bits per heavy atom. The molecule has 0 spiro atoms. The van der Waals surface area contributed by atoms with Gasteiger partial charge in [-0.3, -0.25) is 0 Å². The molecule has 0 bridgehead atoms. The molecule has 0 aromatic heterocycles. The van der Waals surface area contributed by atoms with Crippen molar-refractivity contribution in [3.63, 3.8) is 0 Å². The van der Waals surface area contributed by atoms with Gasteiger partial charge in [-0.1, -0.05) is 32.6 Å². The zero-order chi connectivity index (χ0) is 7.11. The lowest BCUT2D eigenvalue weighted by atomic mass is 10.3. The van der Waals surface area contributed by atoms with Gasteiger partial charge in [0.1, 0.15) is 0 Å². The maximum Gasteiger partial charge on any atom is -0.0123 e. The van der Waals surface area contributed by atoms with Crippen LogP contribution in [0, 0.1) is 0 Å². The predicted octanol–water partition coefficient (Wildman–Crippen LogP) is 2.90. The highest BCUT2D eigenvalue weighted by atomic mass is 32.2. The third-order valence-corrected chi connectivity index (χ3v) is 3.13. The van der Waals surface area contributed by atoms with Crippen molar-refractivity contribution in [2.75, 3.05) is 11.5 Å². The molecule has 0 saturated carbocycles. The molecule has 0 heterocycles. The molecular weight excluding hydrogens is 128 g/mol. The molecule has 1 unspecified atom stereocenters. The van der Waals surface area contributed by atoms with Gasteiger partial charge in [-0.15, -0.1) is 0 Å². The second-order valence-electron chi connectivity index (χ2n) is 2.31. The van der Waals surface area contributed by atoms with E-state index in [-0.39, 0.29) is 0 Å². The highest BCUT2D eigenvalue weighted by Gasteiger charge is 1.87. The third-order valence-electron chi connectivity index (χ3n) is 1.44. The first-order valence-electron chi connectivity index (χ1n) is 3.78. The molecule has 0 aliphatic rings. The quantitative estimate of drug-likeness (QED) is 0.413. The summed E-state index contributed by atoms with van der Waals surface area (Å²) in [5, 5.41) is 0. The van der Waals surface area contributed by atoms with Crippen molar-refractivity contribution in [1.29, 1.82) is 0 Å². The van der Waals surface area contributed by atoms with Gasteiger partial charge >= 0.3 is 0 Å². The smallest absolute Gasteiger partial charge is 0.0123 e. The zero-order valence-corrected chi connectivity index (χ0v) is 7.47. The number of hydrogen-bond acceptors (Lipinski definition) is 0. The Bertz CT molecular complexity index is 76.6. The number of hydrogen-bond donors (Lipinski definition) is 0. The van der Waals surface area contributed by atoms with Gasteiger partial charge in [0, 0.05) is 0 Å². The summed E-state index contributed by atoms with van der Waals surface area (Å²) in [5.74, 6) is 6.68. The van der Waals surface area contributed by atoms with E-state index in [0.29, 0.717) is 10.5 Å².